The molecule has 0 heterocycles. The number of benzene rings is 2. The van der Waals surface area contributed by atoms with Crippen LogP contribution in [-0.4, -0.2) is 5.11 Å². The Bertz CT molecular complexity index is 628. The van der Waals surface area contributed by atoms with E-state index in [2.05, 4.69) is 15.9 Å². The van der Waals surface area contributed by atoms with E-state index in [0.29, 0.717) is 15.7 Å². The maximum absolute atomic E-state index is 12.7. The van der Waals surface area contributed by atoms with Crippen LogP contribution < -0.4 is 5.73 Å². The Morgan fingerprint density at radius 2 is 1.80 bits per heavy atom. The molecule has 0 aliphatic heterocycles. The average Bonchev–Trinajstić information content (AvgIpc) is 2.40. The van der Waals surface area contributed by atoms with Gasteiger partial charge in [0.2, 0.25) is 0 Å². The van der Waals surface area contributed by atoms with E-state index in [1.54, 1.807) is 18.2 Å². The van der Waals surface area contributed by atoms with Crippen LogP contribution in [-0.2, 0) is 6.18 Å². The summed E-state index contributed by atoms with van der Waals surface area (Å²) >= 11 is 3.24. The van der Waals surface area contributed by atoms with Crippen molar-refractivity contribution in [3.05, 3.63) is 63.6 Å². The van der Waals surface area contributed by atoms with Crippen molar-refractivity contribution in [3.8, 4) is 0 Å². The molecule has 0 radical (unpaired) electrons. The van der Waals surface area contributed by atoms with E-state index in [4.69, 9.17) is 5.73 Å². The molecule has 2 aromatic carbocycles. The van der Waals surface area contributed by atoms with Crippen LogP contribution in [0.25, 0.3) is 0 Å². The number of nitrogen functional groups attached to an aromatic ring is 1. The largest absolute Gasteiger partial charge is 0.416 e. The van der Waals surface area contributed by atoms with Crippen LogP contribution in [0.1, 0.15) is 22.8 Å². The molecule has 0 amide bonds. The lowest BCUT2D eigenvalue weighted by Crippen LogP contribution is -2.08. The van der Waals surface area contributed by atoms with Gasteiger partial charge in [-0.15, -0.1) is 0 Å². The van der Waals surface area contributed by atoms with E-state index in [9.17, 15) is 18.3 Å². The number of nitrogens with two attached hydrogens (primary N) is 1. The Balaban J connectivity index is 2.43. The fraction of sp³-hybridized carbons (Fsp3) is 0.143. The second-order valence-corrected chi connectivity index (χ2v) is 5.21. The van der Waals surface area contributed by atoms with E-state index < -0.39 is 17.8 Å². The van der Waals surface area contributed by atoms with Gasteiger partial charge in [-0.2, -0.15) is 13.2 Å². The molecule has 0 aromatic heterocycles. The van der Waals surface area contributed by atoms with Crippen LogP contribution in [0.2, 0.25) is 0 Å². The zero-order chi connectivity index (χ0) is 14.9. The highest BCUT2D eigenvalue weighted by atomic mass is 79.9. The summed E-state index contributed by atoms with van der Waals surface area (Å²) in [5.41, 5.74) is 5.77. The molecule has 0 fully saturated rings. The van der Waals surface area contributed by atoms with Crippen molar-refractivity contribution >= 4 is 21.6 Å². The lowest BCUT2D eigenvalue weighted by molar-refractivity contribution is -0.137. The van der Waals surface area contributed by atoms with Crippen LogP contribution in [0.3, 0.4) is 0 Å². The first-order chi connectivity index (χ1) is 9.29. The van der Waals surface area contributed by atoms with Crippen molar-refractivity contribution in [1.82, 2.24) is 0 Å². The van der Waals surface area contributed by atoms with Gasteiger partial charge in [-0.05, 0) is 35.9 Å². The third-order valence-corrected chi connectivity index (χ3v) is 3.37. The fourth-order valence-electron chi connectivity index (χ4n) is 1.85. The number of halogens is 4. The second kappa shape index (κ2) is 5.46. The zero-order valence-corrected chi connectivity index (χ0v) is 11.7. The summed E-state index contributed by atoms with van der Waals surface area (Å²) in [5.74, 6) is 0. The lowest BCUT2D eigenvalue weighted by Gasteiger charge is -2.16. The van der Waals surface area contributed by atoms with E-state index in [1.807, 2.05) is 0 Å². The summed E-state index contributed by atoms with van der Waals surface area (Å²) in [6, 6.07) is 9.43. The van der Waals surface area contributed by atoms with Gasteiger partial charge in [0.15, 0.2) is 0 Å². The van der Waals surface area contributed by atoms with Crippen LogP contribution in [0, 0.1) is 0 Å². The number of aliphatic hydroxyl groups is 1. The number of aliphatic hydroxyl groups excluding tert-OH is 1. The molecule has 2 nitrogen and oxygen atoms in total. The normalized spacial score (nSPS) is 13.2. The number of hydrogen-bond acceptors (Lipinski definition) is 2. The molecule has 20 heavy (non-hydrogen) atoms. The van der Waals surface area contributed by atoms with Gasteiger partial charge in [0.05, 0.1) is 5.56 Å². The van der Waals surface area contributed by atoms with Crippen molar-refractivity contribution in [2.75, 3.05) is 5.73 Å². The Hall–Kier alpha value is -1.53. The van der Waals surface area contributed by atoms with Crippen LogP contribution in [0.4, 0.5) is 18.9 Å². The number of anilines is 1. The standard InChI is InChI=1S/C14H11BrF3NO/c15-10-4-5-12(19)11(7-10)13(20)8-2-1-3-9(6-8)14(16,17)18/h1-7,13,20H,19H2. The van der Waals surface area contributed by atoms with Crippen molar-refractivity contribution in [3.63, 3.8) is 0 Å². The van der Waals surface area contributed by atoms with E-state index in [0.717, 1.165) is 12.1 Å². The smallest absolute Gasteiger partial charge is 0.398 e. The fourth-order valence-corrected chi connectivity index (χ4v) is 2.23. The summed E-state index contributed by atoms with van der Waals surface area (Å²) < 4.78 is 38.7. The SMILES string of the molecule is Nc1ccc(Br)cc1C(O)c1cccc(C(F)(F)F)c1. The molecule has 106 valence electrons. The van der Waals surface area contributed by atoms with Crippen LogP contribution >= 0.6 is 15.9 Å². The molecule has 0 saturated carbocycles. The second-order valence-electron chi connectivity index (χ2n) is 4.30. The highest BCUT2D eigenvalue weighted by Gasteiger charge is 2.31. The molecule has 3 N–H and O–H groups in total. The molecule has 2 aromatic rings. The average molecular weight is 346 g/mol. The minimum absolute atomic E-state index is 0.143. The molecular formula is C14H11BrF3NO. The Morgan fingerprint density at radius 1 is 1.10 bits per heavy atom. The third kappa shape index (κ3) is 3.13. The predicted octanol–water partition coefficient (Wildman–Crippen LogP) is 4.13. The highest BCUT2D eigenvalue weighted by Crippen LogP contribution is 2.34. The summed E-state index contributed by atoms with van der Waals surface area (Å²) in [5, 5.41) is 10.2. The van der Waals surface area contributed by atoms with E-state index in [-0.39, 0.29) is 5.56 Å². The Morgan fingerprint density at radius 3 is 2.45 bits per heavy atom. The zero-order valence-electron chi connectivity index (χ0n) is 10.2. The Labute approximate surface area is 122 Å². The van der Waals surface area contributed by atoms with Crippen LogP contribution in [0.5, 0.6) is 0 Å². The minimum Gasteiger partial charge on any atom is -0.398 e. The van der Waals surface area contributed by atoms with Gasteiger partial charge < -0.3 is 10.8 Å². The maximum Gasteiger partial charge on any atom is 0.416 e. The molecule has 2 rings (SSSR count). The monoisotopic (exact) mass is 345 g/mol. The molecule has 0 saturated heterocycles. The van der Waals surface area contributed by atoms with Gasteiger partial charge in [-0.3, -0.25) is 0 Å². The lowest BCUT2D eigenvalue weighted by atomic mass is 9.98. The first-order valence-corrected chi connectivity index (χ1v) is 6.48. The van der Waals surface area contributed by atoms with Crippen molar-refractivity contribution in [2.45, 2.75) is 12.3 Å². The van der Waals surface area contributed by atoms with E-state index >= 15 is 0 Å². The quantitative estimate of drug-likeness (QED) is 0.804. The van der Waals surface area contributed by atoms with Crippen molar-refractivity contribution < 1.29 is 18.3 Å². The summed E-state index contributed by atoms with van der Waals surface area (Å²) in [6.07, 6.45) is -5.66. The van der Waals surface area contributed by atoms with Gasteiger partial charge >= 0.3 is 6.18 Å². The summed E-state index contributed by atoms with van der Waals surface area (Å²) in [6.45, 7) is 0. The third-order valence-electron chi connectivity index (χ3n) is 2.87. The molecule has 0 spiro atoms. The number of rotatable bonds is 2. The van der Waals surface area contributed by atoms with Gasteiger partial charge in [0.25, 0.3) is 0 Å². The molecular weight excluding hydrogens is 335 g/mol. The van der Waals surface area contributed by atoms with Gasteiger partial charge in [-0.1, -0.05) is 28.1 Å². The molecule has 0 aliphatic rings. The van der Waals surface area contributed by atoms with Gasteiger partial charge in [0.1, 0.15) is 6.10 Å². The molecule has 1 atom stereocenters. The minimum atomic E-state index is -4.45. The summed E-state index contributed by atoms with van der Waals surface area (Å²) in [7, 11) is 0. The van der Waals surface area contributed by atoms with Crippen LogP contribution in [0.15, 0.2) is 46.9 Å². The summed E-state index contributed by atoms with van der Waals surface area (Å²) in [4.78, 5) is 0. The highest BCUT2D eigenvalue weighted by molar-refractivity contribution is 9.10. The molecule has 0 aliphatic carbocycles. The first kappa shape index (κ1) is 14.9. The Kier molecular flexibility index (Phi) is 4.06. The molecule has 0 bridgehead atoms. The van der Waals surface area contributed by atoms with E-state index in [1.165, 1.54) is 12.1 Å². The van der Waals surface area contributed by atoms with Crippen molar-refractivity contribution in [1.29, 1.82) is 0 Å². The first-order valence-electron chi connectivity index (χ1n) is 5.69. The molecule has 1 unspecified atom stereocenters. The topological polar surface area (TPSA) is 46.2 Å². The predicted molar refractivity (Wildman–Crippen MR) is 74.1 cm³/mol. The van der Waals surface area contributed by atoms with Crippen molar-refractivity contribution in [2.24, 2.45) is 0 Å². The maximum atomic E-state index is 12.7. The number of hydrogen-bond donors (Lipinski definition) is 2. The van der Waals surface area contributed by atoms with Gasteiger partial charge in [-0.25, -0.2) is 0 Å². The molecule has 6 heteroatoms. The van der Waals surface area contributed by atoms with Gasteiger partial charge in [0, 0.05) is 15.7 Å². The number of alkyl halides is 3.